The summed E-state index contributed by atoms with van der Waals surface area (Å²) in [5.41, 5.74) is 1.24. The first-order valence-corrected chi connectivity index (χ1v) is 7.48. The Balaban J connectivity index is 2.59. The Morgan fingerprint density at radius 1 is 1.15 bits per heavy atom. The average Bonchev–Trinajstić information content (AvgIpc) is 2.46. The largest absolute Gasteiger partial charge is 0.479 e. The van der Waals surface area contributed by atoms with Crippen molar-refractivity contribution in [1.29, 1.82) is 5.26 Å². The van der Waals surface area contributed by atoms with Gasteiger partial charge in [0.05, 0.1) is 0 Å². The van der Waals surface area contributed by atoms with Gasteiger partial charge in [-0.05, 0) is 37.5 Å². The van der Waals surface area contributed by atoms with Gasteiger partial charge in [0.1, 0.15) is 11.8 Å². The minimum Gasteiger partial charge on any atom is -0.479 e. The number of nitriles is 1. The van der Waals surface area contributed by atoms with Crippen molar-refractivity contribution in [3.63, 3.8) is 0 Å². The lowest BCUT2D eigenvalue weighted by Crippen LogP contribution is -2.34. The molecule has 3 nitrogen and oxygen atoms in total. The highest BCUT2D eigenvalue weighted by Crippen LogP contribution is 2.20. The number of ether oxygens (including phenoxy) is 1. The minimum atomic E-state index is 0.0961. The van der Waals surface area contributed by atoms with E-state index in [1.54, 1.807) is 0 Å². The summed E-state index contributed by atoms with van der Waals surface area (Å²) in [7, 11) is 0. The van der Waals surface area contributed by atoms with Crippen molar-refractivity contribution in [2.24, 2.45) is 5.92 Å². The molecule has 1 N–H and O–H groups in total. The molecule has 0 saturated carbocycles. The van der Waals surface area contributed by atoms with E-state index in [9.17, 15) is 0 Å². The lowest BCUT2D eigenvalue weighted by molar-refractivity contribution is 0.330. The number of nitrogens with one attached hydrogen (secondary N) is 1. The van der Waals surface area contributed by atoms with Gasteiger partial charge in [-0.25, -0.2) is 0 Å². The molecular formula is C17H26N2O. The van der Waals surface area contributed by atoms with Gasteiger partial charge in [0.15, 0.2) is 6.61 Å². The van der Waals surface area contributed by atoms with Gasteiger partial charge in [-0.15, -0.1) is 0 Å². The molecular weight excluding hydrogens is 248 g/mol. The molecule has 0 aliphatic carbocycles. The summed E-state index contributed by atoms with van der Waals surface area (Å²) in [5.74, 6) is 1.46. The van der Waals surface area contributed by atoms with Gasteiger partial charge in [0, 0.05) is 12.1 Å². The van der Waals surface area contributed by atoms with E-state index in [4.69, 9.17) is 10.00 Å². The van der Waals surface area contributed by atoms with Crippen LogP contribution in [0.15, 0.2) is 24.3 Å². The fourth-order valence-corrected chi connectivity index (χ4v) is 2.59. The van der Waals surface area contributed by atoms with Crippen LogP contribution in [-0.4, -0.2) is 12.6 Å². The van der Waals surface area contributed by atoms with E-state index in [2.05, 4.69) is 45.1 Å². The summed E-state index contributed by atoms with van der Waals surface area (Å²) in [6.45, 7) is 9.04. The molecule has 0 radical (unpaired) electrons. The molecule has 0 aliphatic rings. The smallest absolute Gasteiger partial charge is 0.174 e. The van der Waals surface area contributed by atoms with E-state index in [-0.39, 0.29) is 6.61 Å². The Morgan fingerprint density at radius 2 is 1.75 bits per heavy atom. The van der Waals surface area contributed by atoms with E-state index in [1.165, 1.54) is 18.4 Å². The molecule has 0 bridgehead atoms. The molecule has 0 amide bonds. The molecule has 3 heteroatoms. The summed E-state index contributed by atoms with van der Waals surface area (Å²) in [5, 5.41) is 12.2. The van der Waals surface area contributed by atoms with Crippen LogP contribution in [0.5, 0.6) is 5.75 Å². The third kappa shape index (κ3) is 4.86. The Bertz CT molecular complexity index is 418. The van der Waals surface area contributed by atoms with E-state index in [1.807, 2.05) is 18.2 Å². The third-order valence-electron chi connectivity index (χ3n) is 3.95. The number of hydrogen-bond acceptors (Lipinski definition) is 3. The van der Waals surface area contributed by atoms with Gasteiger partial charge in [0.2, 0.25) is 0 Å². The predicted octanol–water partition coefficient (Wildman–Crippen LogP) is 4.06. The highest BCUT2D eigenvalue weighted by molar-refractivity contribution is 5.29. The zero-order valence-electron chi connectivity index (χ0n) is 13.0. The molecule has 2 atom stereocenters. The van der Waals surface area contributed by atoms with E-state index >= 15 is 0 Å². The molecule has 1 aromatic carbocycles. The Morgan fingerprint density at radius 3 is 2.25 bits per heavy atom. The number of nitrogens with zero attached hydrogens (tertiary/aromatic N) is 1. The standard InChI is InChI=1S/C17H26N2O/c1-5-15(6-2)13(3)19-14(4)16-7-9-17(10-8-16)20-12-11-18/h7-10,13-15,19H,5-6,12H2,1-4H3. The first-order chi connectivity index (χ1) is 9.62. The molecule has 1 rings (SSSR count). The van der Waals surface area contributed by atoms with Crippen molar-refractivity contribution in [1.82, 2.24) is 5.32 Å². The maximum absolute atomic E-state index is 8.48. The van der Waals surface area contributed by atoms with Gasteiger partial charge in [0.25, 0.3) is 0 Å². The van der Waals surface area contributed by atoms with Crippen LogP contribution >= 0.6 is 0 Å². The Kier molecular flexibility index (Phi) is 7.11. The van der Waals surface area contributed by atoms with Crippen molar-refractivity contribution in [2.45, 2.75) is 52.6 Å². The van der Waals surface area contributed by atoms with Gasteiger partial charge in [-0.3, -0.25) is 0 Å². The second-order valence-electron chi connectivity index (χ2n) is 5.27. The van der Waals surface area contributed by atoms with E-state index in [0.717, 1.165) is 11.7 Å². The molecule has 0 heterocycles. The molecule has 1 aromatic rings. The van der Waals surface area contributed by atoms with Crippen molar-refractivity contribution in [3.05, 3.63) is 29.8 Å². The van der Waals surface area contributed by atoms with Crippen molar-refractivity contribution in [2.75, 3.05) is 6.61 Å². The lowest BCUT2D eigenvalue weighted by atomic mass is 9.94. The van der Waals surface area contributed by atoms with Crippen LogP contribution in [0, 0.1) is 17.2 Å². The van der Waals surface area contributed by atoms with Gasteiger partial charge in [-0.1, -0.05) is 38.8 Å². The van der Waals surface area contributed by atoms with Crippen LogP contribution < -0.4 is 10.1 Å². The normalized spacial score (nSPS) is 13.8. The second kappa shape index (κ2) is 8.60. The second-order valence-corrected chi connectivity index (χ2v) is 5.27. The Hall–Kier alpha value is -1.53. The first kappa shape index (κ1) is 16.5. The Labute approximate surface area is 123 Å². The topological polar surface area (TPSA) is 45.0 Å². The highest BCUT2D eigenvalue weighted by atomic mass is 16.5. The van der Waals surface area contributed by atoms with Crippen molar-refractivity contribution < 1.29 is 4.74 Å². The fourth-order valence-electron chi connectivity index (χ4n) is 2.59. The summed E-state index contributed by atoms with van der Waals surface area (Å²) >= 11 is 0. The summed E-state index contributed by atoms with van der Waals surface area (Å²) in [6.07, 6.45) is 2.41. The number of rotatable bonds is 8. The van der Waals surface area contributed by atoms with Gasteiger partial charge < -0.3 is 10.1 Å². The molecule has 0 aliphatic heterocycles. The van der Waals surface area contributed by atoms with E-state index < -0.39 is 0 Å². The SMILES string of the molecule is CCC(CC)C(C)NC(C)c1ccc(OCC#N)cc1. The van der Waals surface area contributed by atoms with Crippen LogP contribution in [0.1, 0.15) is 52.1 Å². The predicted molar refractivity (Wildman–Crippen MR) is 82.6 cm³/mol. The van der Waals surface area contributed by atoms with Crippen LogP contribution in [0.3, 0.4) is 0 Å². The molecule has 0 aromatic heterocycles. The van der Waals surface area contributed by atoms with E-state index in [0.29, 0.717) is 12.1 Å². The first-order valence-electron chi connectivity index (χ1n) is 7.48. The maximum Gasteiger partial charge on any atom is 0.174 e. The van der Waals surface area contributed by atoms with Crippen molar-refractivity contribution in [3.8, 4) is 11.8 Å². The fraction of sp³-hybridized carbons (Fsp3) is 0.588. The summed E-state index contributed by atoms with van der Waals surface area (Å²) < 4.78 is 5.26. The molecule has 110 valence electrons. The van der Waals surface area contributed by atoms with Gasteiger partial charge in [-0.2, -0.15) is 5.26 Å². The molecule has 2 unspecified atom stereocenters. The zero-order valence-corrected chi connectivity index (χ0v) is 13.0. The summed E-state index contributed by atoms with van der Waals surface area (Å²) in [6, 6.07) is 10.8. The number of benzene rings is 1. The monoisotopic (exact) mass is 274 g/mol. The lowest BCUT2D eigenvalue weighted by Gasteiger charge is -2.26. The molecule has 0 spiro atoms. The zero-order chi connectivity index (χ0) is 15.0. The minimum absolute atomic E-state index is 0.0961. The van der Waals surface area contributed by atoms with Crippen molar-refractivity contribution >= 4 is 0 Å². The highest BCUT2D eigenvalue weighted by Gasteiger charge is 2.16. The maximum atomic E-state index is 8.48. The molecule has 0 saturated heterocycles. The average molecular weight is 274 g/mol. The summed E-state index contributed by atoms with van der Waals surface area (Å²) in [4.78, 5) is 0. The van der Waals surface area contributed by atoms with Crippen LogP contribution in [-0.2, 0) is 0 Å². The molecule has 20 heavy (non-hydrogen) atoms. The van der Waals surface area contributed by atoms with Crippen LogP contribution in [0.4, 0.5) is 0 Å². The van der Waals surface area contributed by atoms with Gasteiger partial charge >= 0.3 is 0 Å². The third-order valence-corrected chi connectivity index (χ3v) is 3.95. The van der Waals surface area contributed by atoms with Crippen LogP contribution in [0.25, 0.3) is 0 Å². The van der Waals surface area contributed by atoms with Crippen LogP contribution in [0.2, 0.25) is 0 Å². The quantitative estimate of drug-likeness (QED) is 0.777. The molecule has 0 fully saturated rings. The number of hydrogen-bond donors (Lipinski definition) is 1.